The summed E-state index contributed by atoms with van der Waals surface area (Å²) >= 11 is 0. The van der Waals surface area contributed by atoms with E-state index in [4.69, 9.17) is 10.5 Å². The fraction of sp³-hybridized carbons (Fsp3) is 0.462. The summed E-state index contributed by atoms with van der Waals surface area (Å²) in [5.41, 5.74) is 7.98. The number of nitrogens with zero attached hydrogens (tertiary/aromatic N) is 2. The lowest BCUT2D eigenvalue weighted by atomic mass is 10.3. The molecular formula is C13H17N3O. The first kappa shape index (κ1) is 10.4. The number of para-hydroxylation sites is 1. The van der Waals surface area contributed by atoms with Gasteiger partial charge in [0.15, 0.2) is 0 Å². The smallest absolute Gasteiger partial charge is 0.201 e. The van der Waals surface area contributed by atoms with E-state index in [2.05, 4.69) is 22.5 Å². The third-order valence-corrected chi connectivity index (χ3v) is 3.41. The molecule has 4 heteroatoms. The van der Waals surface area contributed by atoms with Crippen LogP contribution in [0, 0.1) is 5.92 Å². The van der Waals surface area contributed by atoms with Crippen molar-refractivity contribution >= 4 is 17.0 Å². The van der Waals surface area contributed by atoms with Gasteiger partial charge in [0.1, 0.15) is 11.3 Å². The molecule has 0 aliphatic heterocycles. The molecule has 1 fully saturated rings. The van der Waals surface area contributed by atoms with Gasteiger partial charge in [-0.15, -0.1) is 0 Å². The van der Waals surface area contributed by atoms with Crippen LogP contribution in [0.5, 0.6) is 5.75 Å². The van der Waals surface area contributed by atoms with Crippen LogP contribution in [-0.2, 0) is 0 Å². The predicted molar refractivity (Wildman–Crippen MR) is 68.1 cm³/mol. The third kappa shape index (κ3) is 1.55. The second kappa shape index (κ2) is 3.65. The fourth-order valence-corrected chi connectivity index (χ4v) is 2.39. The van der Waals surface area contributed by atoms with Crippen molar-refractivity contribution in [3.05, 3.63) is 18.2 Å². The number of aromatic nitrogens is 2. The zero-order valence-corrected chi connectivity index (χ0v) is 10.2. The molecule has 0 bridgehead atoms. The maximum absolute atomic E-state index is 6.02. The molecule has 4 nitrogen and oxygen atoms in total. The van der Waals surface area contributed by atoms with Gasteiger partial charge in [0, 0.05) is 6.04 Å². The van der Waals surface area contributed by atoms with Crippen LogP contribution in [0.3, 0.4) is 0 Å². The van der Waals surface area contributed by atoms with Gasteiger partial charge in [-0.3, -0.25) is 0 Å². The largest absolute Gasteiger partial charge is 0.492 e. The SMILES string of the molecule is CCOc1cccc2c1nc(N)n2C1CC1C. The average molecular weight is 231 g/mol. The molecule has 3 rings (SSSR count). The third-order valence-electron chi connectivity index (χ3n) is 3.41. The molecule has 0 amide bonds. The van der Waals surface area contributed by atoms with E-state index in [1.807, 2.05) is 19.1 Å². The Bertz CT molecular complexity index is 561. The van der Waals surface area contributed by atoms with Crippen molar-refractivity contribution in [2.24, 2.45) is 5.92 Å². The van der Waals surface area contributed by atoms with Crippen molar-refractivity contribution in [3.8, 4) is 5.75 Å². The molecule has 90 valence electrons. The molecule has 2 unspecified atom stereocenters. The molecule has 1 saturated carbocycles. The summed E-state index contributed by atoms with van der Waals surface area (Å²) in [7, 11) is 0. The molecule has 1 aliphatic carbocycles. The van der Waals surface area contributed by atoms with E-state index in [9.17, 15) is 0 Å². The normalized spacial score (nSPS) is 22.9. The van der Waals surface area contributed by atoms with E-state index in [0.29, 0.717) is 24.5 Å². The Kier molecular flexibility index (Phi) is 2.24. The van der Waals surface area contributed by atoms with Crippen LogP contribution in [-0.4, -0.2) is 16.2 Å². The molecule has 2 N–H and O–H groups in total. The number of fused-ring (bicyclic) bond motifs is 1. The first-order valence-corrected chi connectivity index (χ1v) is 6.11. The van der Waals surface area contributed by atoms with Gasteiger partial charge in [-0.05, 0) is 31.4 Å². The number of nitrogen functional groups attached to an aromatic ring is 1. The summed E-state index contributed by atoms with van der Waals surface area (Å²) in [6, 6.07) is 6.51. The zero-order chi connectivity index (χ0) is 12.0. The van der Waals surface area contributed by atoms with E-state index in [0.717, 1.165) is 16.8 Å². The summed E-state index contributed by atoms with van der Waals surface area (Å²) in [5, 5.41) is 0. The highest BCUT2D eigenvalue weighted by atomic mass is 16.5. The van der Waals surface area contributed by atoms with Gasteiger partial charge in [0.05, 0.1) is 12.1 Å². The molecule has 0 saturated heterocycles. The van der Waals surface area contributed by atoms with Crippen LogP contribution >= 0.6 is 0 Å². The number of hydrogen-bond acceptors (Lipinski definition) is 3. The van der Waals surface area contributed by atoms with Crippen LogP contribution in [0.2, 0.25) is 0 Å². The lowest BCUT2D eigenvalue weighted by molar-refractivity contribution is 0.343. The molecule has 1 aromatic heterocycles. The van der Waals surface area contributed by atoms with Crippen molar-refractivity contribution in [2.45, 2.75) is 26.3 Å². The first-order chi connectivity index (χ1) is 8.22. The van der Waals surface area contributed by atoms with Crippen molar-refractivity contribution < 1.29 is 4.74 Å². The Morgan fingerprint density at radius 2 is 2.29 bits per heavy atom. The highest BCUT2D eigenvalue weighted by Crippen LogP contribution is 2.46. The molecule has 17 heavy (non-hydrogen) atoms. The van der Waals surface area contributed by atoms with Gasteiger partial charge in [-0.2, -0.15) is 0 Å². The second-order valence-corrected chi connectivity index (χ2v) is 4.68. The molecule has 2 atom stereocenters. The second-order valence-electron chi connectivity index (χ2n) is 4.68. The minimum absolute atomic E-state index is 0.511. The van der Waals surface area contributed by atoms with Gasteiger partial charge in [-0.25, -0.2) is 4.98 Å². The molecular weight excluding hydrogens is 214 g/mol. The minimum Gasteiger partial charge on any atom is -0.492 e. The number of benzene rings is 1. The maximum Gasteiger partial charge on any atom is 0.201 e. The lowest BCUT2D eigenvalue weighted by Crippen LogP contribution is -2.01. The fourth-order valence-electron chi connectivity index (χ4n) is 2.39. The average Bonchev–Trinajstić information content (AvgIpc) is 2.89. The van der Waals surface area contributed by atoms with Gasteiger partial charge in [0.25, 0.3) is 0 Å². The number of rotatable bonds is 3. The Hall–Kier alpha value is -1.71. The van der Waals surface area contributed by atoms with Crippen molar-refractivity contribution in [3.63, 3.8) is 0 Å². The highest BCUT2D eigenvalue weighted by Gasteiger charge is 2.36. The molecule has 0 spiro atoms. The van der Waals surface area contributed by atoms with Crippen molar-refractivity contribution in [1.29, 1.82) is 0 Å². The number of nitrogens with two attached hydrogens (primary N) is 1. The van der Waals surface area contributed by atoms with E-state index < -0.39 is 0 Å². The highest BCUT2D eigenvalue weighted by molar-refractivity contribution is 5.84. The summed E-state index contributed by atoms with van der Waals surface area (Å²) in [5.74, 6) is 2.12. The predicted octanol–water partition coefficient (Wildman–Crippen LogP) is 2.60. The molecule has 1 heterocycles. The Morgan fingerprint density at radius 3 is 2.94 bits per heavy atom. The molecule has 1 aliphatic rings. The quantitative estimate of drug-likeness (QED) is 0.883. The van der Waals surface area contributed by atoms with E-state index in [1.165, 1.54) is 6.42 Å². The summed E-state index contributed by atoms with van der Waals surface area (Å²) in [6.45, 7) is 4.86. The van der Waals surface area contributed by atoms with Crippen molar-refractivity contribution in [1.82, 2.24) is 9.55 Å². The van der Waals surface area contributed by atoms with Crippen LogP contribution < -0.4 is 10.5 Å². The minimum atomic E-state index is 0.511. The Labute approximate surface area is 100 Å². The van der Waals surface area contributed by atoms with E-state index in [-0.39, 0.29) is 0 Å². The Morgan fingerprint density at radius 1 is 1.53 bits per heavy atom. The van der Waals surface area contributed by atoms with Gasteiger partial charge in [0.2, 0.25) is 5.95 Å². The number of anilines is 1. The maximum atomic E-state index is 6.02. The van der Waals surface area contributed by atoms with Crippen LogP contribution in [0.15, 0.2) is 18.2 Å². The molecule has 2 aromatic rings. The molecule has 1 aromatic carbocycles. The summed E-state index contributed by atoms with van der Waals surface area (Å²) < 4.78 is 7.72. The van der Waals surface area contributed by atoms with Crippen LogP contribution in [0.4, 0.5) is 5.95 Å². The number of hydrogen-bond donors (Lipinski definition) is 1. The standard InChI is InChI=1S/C13H17N3O/c1-3-17-11-6-4-5-9-12(11)15-13(14)16(9)10-7-8(10)2/h4-6,8,10H,3,7H2,1-2H3,(H2,14,15). The van der Waals surface area contributed by atoms with Gasteiger partial charge in [-0.1, -0.05) is 13.0 Å². The lowest BCUT2D eigenvalue weighted by Gasteiger charge is -2.06. The van der Waals surface area contributed by atoms with Gasteiger partial charge < -0.3 is 15.0 Å². The summed E-state index contributed by atoms with van der Waals surface area (Å²) in [6.07, 6.45) is 1.19. The number of imidazole rings is 1. The topological polar surface area (TPSA) is 53.1 Å². The number of ether oxygens (including phenoxy) is 1. The van der Waals surface area contributed by atoms with Crippen LogP contribution in [0.25, 0.3) is 11.0 Å². The first-order valence-electron chi connectivity index (χ1n) is 6.11. The Balaban J connectivity index is 2.17. The molecule has 0 radical (unpaired) electrons. The van der Waals surface area contributed by atoms with Crippen LogP contribution in [0.1, 0.15) is 26.3 Å². The summed E-state index contributed by atoms with van der Waals surface area (Å²) in [4.78, 5) is 4.44. The van der Waals surface area contributed by atoms with Gasteiger partial charge >= 0.3 is 0 Å². The van der Waals surface area contributed by atoms with Crippen molar-refractivity contribution in [2.75, 3.05) is 12.3 Å². The zero-order valence-electron chi connectivity index (χ0n) is 10.2. The van der Waals surface area contributed by atoms with E-state index >= 15 is 0 Å². The van der Waals surface area contributed by atoms with E-state index in [1.54, 1.807) is 0 Å². The monoisotopic (exact) mass is 231 g/mol.